The molecule has 4 rings (SSSR count). The third kappa shape index (κ3) is 4.96. The molecule has 1 aliphatic carbocycles. The molecule has 1 unspecified atom stereocenters. The molecule has 2 aliphatic rings. The summed E-state index contributed by atoms with van der Waals surface area (Å²) >= 11 is 0. The number of benzene rings is 1. The molecule has 7 nitrogen and oxygen atoms in total. The quantitative estimate of drug-likeness (QED) is 0.366. The van der Waals surface area contributed by atoms with Crippen LogP contribution in [0.5, 0.6) is 0 Å². The molecular weight excluding hydrogens is 412 g/mol. The average Bonchev–Trinajstić information content (AvgIpc) is 3.37. The summed E-state index contributed by atoms with van der Waals surface area (Å²) in [6.45, 7) is 3.59. The van der Waals surface area contributed by atoms with Crippen LogP contribution >= 0.6 is 0 Å². The third-order valence-electron chi connectivity index (χ3n) is 6.05. The van der Waals surface area contributed by atoms with Gasteiger partial charge in [-0.3, -0.25) is 14.5 Å². The molecule has 168 valence electrons. The van der Waals surface area contributed by atoms with Gasteiger partial charge in [-0.1, -0.05) is 42.5 Å². The van der Waals surface area contributed by atoms with E-state index in [1.165, 1.54) is 0 Å². The van der Waals surface area contributed by atoms with Gasteiger partial charge >= 0.3 is 0 Å². The van der Waals surface area contributed by atoms with Crippen LogP contribution in [0.3, 0.4) is 0 Å². The van der Waals surface area contributed by atoms with Crippen LogP contribution in [0.2, 0.25) is 0 Å². The fourth-order valence-corrected chi connectivity index (χ4v) is 4.39. The highest BCUT2D eigenvalue weighted by molar-refractivity contribution is 6.35. The van der Waals surface area contributed by atoms with E-state index >= 15 is 0 Å². The molecule has 2 aromatic rings. The smallest absolute Gasteiger partial charge is 0.172 e. The maximum Gasteiger partial charge on any atom is 0.172 e. The molecule has 33 heavy (non-hydrogen) atoms. The van der Waals surface area contributed by atoms with Crippen LogP contribution in [-0.4, -0.2) is 45.9 Å². The lowest BCUT2D eigenvalue weighted by Gasteiger charge is -2.37. The molecule has 0 spiro atoms. The maximum atomic E-state index is 12.1. The van der Waals surface area contributed by atoms with Gasteiger partial charge in [0, 0.05) is 25.5 Å². The van der Waals surface area contributed by atoms with Crippen LogP contribution in [0.1, 0.15) is 43.5 Å². The van der Waals surface area contributed by atoms with E-state index in [9.17, 15) is 10.1 Å². The molecule has 0 bridgehead atoms. The standard InChI is InChI=1S/C26H28N6O/c1-2-16-31(22-13-17-30(18-14-22)25-11-7-6-8-21(25)19-27)29-24(20-33)26-12-15-28-32(26)23-9-4-3-5-10-23/h2-9,11-12,15-16,20,22-23H,10,13-14,17-18H2,1H3/b16-2-,29-24+. The Labute approximate surface area is 194 Å². The van der Waals surface area contributed by atoms with E-state index in [-0.39, 0.29) is 12.1 Å². The lowest BCUT2D eigenvalue weighted by molar-refractivity contribution is -0.102. The van der Waals surface area contributed by atoms with E-state index in [0.717, 1.165) is 44.3 Å². The fourth-order valence-electron chi connectivity index (χ4n) is 4.39. The number of carbonyl (C=O) groups is 1. The van der Waals surface area contributed by atoms with Crippen molar-refractivity contribution in [3.63, 3.8) is 0 Å². The van der Waals surface area contributed by atoms with Crippen LogP contribution in [0, 0.1) is 11.3 Å². The summed E-state index contributed by atoms with van der Waals surface area (Å²) in [4.78, 5) is 14.3. The van der Waals surface area contributed by atoms with Gasteiger partial charge in [-0.15, -0.1) is 0 Å². The van der Waals surface area contributed by atoms with Crippen LogP contribution in [0.4, 0.5) is 5.69 Å². The summed E-state index contributed by atoms with van der Waals surface area (Å²) in [6, 6.07) is 12.1. The van der Waals surface area contributed by atoms with E-state index < -0.39 is 0 Å². The first kappa shape index (κ1) is 22.3. The Balaban J connectivity index is 1.53. The average molecular weight is 441 g/mol. The monoisotopic (exact) mass is 440 g/mol. The Bertz CT molecular complexity index is 1130. The minimum Gasteiger partial charge on any atom is -0.370 e. The number of carbonyl (C=O) groups excluding carboxylic acids is 1. The van der Waals surface area contributed by atoms with Gasteiger partial charge in [0.2, 0.25) is 0 Å². The molecule has 0 saturated carbocycles. The Morgan fingerprint density at radius 1 is 1.24 bits per heavy atom. The molecule has 1 aromatic carbocycles. The van der Waals surface area contributed by atoms with Crippen molar-refractivity contribution in [2.75, 3.05) is 18.0 Å². The summed E-state index contributed by atoms with van der Waals surface area (Å²) in [5.74, 6) is 0. The SMILES string of the molecule is C/C=C\N(/N=C(\C=O)c1ccnn1C1C=CC=CC1)C1CCN(c2ccccc2C#N)CC1. The van der Waals surface area contributed by atoms with E-state index in [1.54, 1.807) is 6.20 Å². The second-order valence-electron chi connectivity index (χ2n) is 8.09. The van der Waals surface area contributed by atoms with E-state index in [0.29, 0.717) is 17.0 Å². The van der Waals surface area contributed by atoms with E-state index in [2.05, 4.69) is 28.2 Å². The number of hydrazone groups is 1. The normalized spacial score (nSPS) is 19.1. The summed E-state index contributed by atoms with van der Waals surface area (Å²) in [6.07, 6.45) is 17.2. The molecule has 0 N–H and O–H groups in total. The number of para-hydroxylation sites is 1. The van der Waals surface area contributed by atoms with Crippen molar-refractivity contribution in [1.29, 1.82) is 5.26 Å². The van der Waals surface area contributed by atoms with Gasteiger partial charge in [-0.25, -0.2) is 0 Å². The van der Waals surface area contributed by atoms with E-state index in [1.807, 2.05) is 71.4 Å². The summed E-state index contributed by atoms with van der Waals surface area (Å²) in [5.41, 5.74) is 2.75. The zero-order chi connectivity index (χ0) is 23.0. The minimum absolute atomic E-state index is 0.0729. The molecule has 1 aliphatic heterocycles. The second-order valence-corrected chi connectivity index (χ2v) is 8.09. The zero-order valence-electron chi connectivity index (χ0n) is 18.8. The number of nitriles is 1. The Morgan fingerprint density at radius 3 is 2.76 bits per heavy atom. The Kier molecular flexibility index (Phi) is 7.16. The lowest BCUT2D eigenvalue weighted by atomic mass is 10.0. The predicted molar refractivity (Wildman–Crippen MR) is 130 cm³/mol. The number of anilines is 1. The van der Waals surface area contributed by atoms with Crippen molar-refractivity contribution in [3.05, 3.63) is 84.4 Å². The minimum atomic E-state index is 0.0729. The van der Waals surface area contributed by atoms with Crippen molar-refractivity contribution in [3.8, 4) is 6.07 Å². The lowest BCUT2D eigenvalue weighted by Crippen LogP contribution is -2.42. The molecule has 7 heteroatoms. The van der Waals surface area contributed by atoms with Crippen molar-refractivity contribution >= 4 is 17.7 Å². The largest absolute Gasteiger partial charge is 0.370 e. The highest BCUT2D eigenvalue weighted by Gasteiger charge is 2.25. The second kappa shape index (κ2) is 10.6. The number of aldehydes is 1. The highest BCUT2D eigenvalue weighted by Crippen LogP contribution is 2.26. The third-order valence-corrected chi connectivity index (χ3v) is 6.05. The summed E-state index contributed by atoms with van der Waals surface area (Å²) in [5, 5.41) is 20.6. The first-order valence-corrected chi connectivity index (χ1v) is 11.3. The summed E-state index contributed by atoms with van der Waals surface area (Å²) < 4.78 is 1.86. The highest BCUT2D eigenvalue weighted by atomic mass is 16.1. The fraction of sp³-hybridized carbons (Fsp3) is 0.308. The molecule has 0 amide bonds. The first-order valence-electron chi connectivity index (χ1n) is 11.3. The molecule has 1 fully saturated rings. The Morgan fingerprint density at radius 2 is 2.06 bits per heavy atom. The summed E-state index contributed by atoms with van der Waals surface area (Å²) in [7, 11) is 0. The van der Waals surface area contributed by atoms with Crippen LogP contribution in [0.25, 0.3) is 0 Å². The van der Waals surface area contributed by atoms with E-state index in [4.69, 9.17) is 5.10 Å². The van der Waals surface area contributed by atoms with Gasteiger partial charge in [0.25, 0.3) is 0 Å². The topological polar surface area (TPSA) is 77.5 Å². The molecule has 1 atom stereocenters. The predicted octanol–water partition coefficient (Wildman–Crippen LogP) is 4.22. The maximum absolute atomic E-state index is 12.1. The molecule has 1 aromatic heterocycles. The van der Waals surface area contributed by atoms with Crippen LogP contribution in [0.15, 0.2) is 78.2 Å². The Hall–Kier alpha value is -3.92. The van der Waals surface area contributed by atoms with Crippen molar-refractivity contribution in [1.82, 2.24) is 14.8 Å². The van der Waals surface area contributed by atoms with Gasteiger partial charge in [0.05, 0.1) is 29.0 Å². The van der Waals surface area contributed by atoms with Gasteiger partial charge in [0.1, 0.15) is 11.8 Å². The van der Waals surface area contributed by atoms with Crippen molar-refractivity contribution in [2.45, 2.75) is 38.3 Å². The number of hydrogen-bond donors (Lipinski definition) is 0. The zero-order valence-corrected chi connectivity index (χ0v) is 18.8. The number of rotatable bonds is 7. The molecule has 2 heterocycles. The number of piperidine rings is 1. The van der Waals surface area contributed by atoms with Crippen molar-refractivity contribution in [2.24, 2.45) is 5.10 Å². The van der Waals surface area contributed by atoms with Crippen LogP contribution in [-0.2, 0) is 4.79 Å². The molecular formula is C26H28N6O. The van der Waals surface area contributed by atoms with Crippen molar-refractivity contribution < 1.29 is 4.79 Å². The van der Waals surface area contributed by atoms with Crippen LogP contribution < -0.4 is 4.90 Å². The molecule has 1 saturated heterocycles. The number of hydrogen-bond acceptors (Lipinski definition) is 6. The number of allylic oxidation sites excluding steroid dienone is 5. The number of aromatic nitrogens is 2. The van der Waals surface area contributed by atoms with Gasteiger partial charge in [-0.2, -0.15) is 15.5 Å². The van der Waals surface area contributed by atoms with Gasteiger partial charge < -0.3 is 4.90 Å². The van der Waals surface area contributed by atoms with Gasteiger partial charge in [-0.05, 0) is 44.4 Å². The molecule has 0 radical (unpaired) electrons. The van der Waals surface area contributed by atoms with Gasteiger partial charge in [0.15, 0.2) is 6.29 Å². The number of nitrogens with zero attached hydrogens (tertiary/aromatic N) is 6. The first-order chi connectivity index (χ1) is 16.2.